The molecule has 0 aromatic carbocycles. The highest BCUT2D eigenvalue weighted by atomic mass is 79.9. The van der Waals surface area contributed by atoms with Crippen LogP contribution in [0.25, 0.3) is 0 Å². The Morgan fingerprint density at radius 2 is 1.88 bits per heavy atom. The number of carbonyl (C=O) groups is 3. The van der Waals surface area contributed by atoms with Crippen molar-refractivity contribution in [3.8, 4) is 0 Å². The molecule has 2 bridgehead atoms. The number of rotatable bonds is 11. The average molecular weight is 533 g/mol. The van der Waals surface area contributed by atoms with Crippen LogP contribution in [0.2, 0.25) is 0 Å². The van der Waals surface area contributed by atoms with Gasteiger partial charge >= 0.3 is 0 Å². The minimum atomic E-state index is -0.680. The second kappa shape index (κ2) is 10.6. The number of alkyl halides is 1. The number of thioether (sulfide) groups is 1. The molecule has 3 fully saturated rings. The Labute approximate surface area is 204 Å². The molecule has 0 saturated carbocycles. The van der Waals surface area contributed by atoms with Crippen molar-refractivity contribution in [2.45, 2.75) is 86.7 Å². The van der Waals surface area contributed by atoms with Crippen molar-refractivity contribution in [1.82, 2.24) is 15.5 Å². The molecule has 182 valence electrons. The summed E-state index contributed by atoms with van der Waals surface area (Å²) in [7, 11) is 0. The summed E-state index contributed by atoms with van der Waals surface area (Å²) in [5.41, 5.74) is 0. The smallest absolute Gasteiger partial charge is 0.244 e. The van der Waals surface area contributed by atoms with Gasteiger partial charge < -0.3 is 20.6 Å². The molecule has 3 saturated heterocycles. The molecule has 3 heterocycles. The van der Waals surface area contributed by atoms with Crippen molar-refractivity contribution in [3.63, 3.8) is 0 Å². The summed E-state index contributed by atoms with van der Waals surface area (Å²) in [5.74, 6) is -1.42. The molecule has 3 unspecified atom stereocenters. The maximum absolute atomic E-state index is 13.9. The van der Waals surface area contributed by atoms with Crippen LogP contribution in [0, 0.1) is 17.8 Å². The first-order valence-corrected chi connectivity index (χ1v) is 13.8. The number of likely N-dealkylation sites (tertiary alicyclic amines) is 1. The van der Waals surface area contributed by atoms with E-state index in [0.29, 0.717) is 19.5 Å². The second-order valence-electron chi connectivity index (χ2n) is 9.69. The molecular weight excluding hydrogens is 494 g/mol. The number of nitrogens with zero attached hydrogens (tertiary/aromatic N) is 1. The summed E-state index contributed by atoms with van der Waals surface area (Å²) in [6, 6.07) is -1.14. The second-order valence-corrected chi connectivity index (χ2v) is 12.4. The number of hydrogen-bond acceptors (Lipinski definition) is 5. The van der Waals surface area contributed by atoms with E-state index in [1.807, 2.05) is 20.8 Å². The number of fused-ring (bicyclic) bond motifs is 1. The lowest BCUT2D eigenvalue weighted by molar-refractivity contribution is -0.143. The molecule has 0 radical (unpaired) electrons. The van der Waals surface area contributed by atoms with Gasteiger partial charge in [0, 0.05) is 23.2 Å². The van der Waals surface area contributed by atoms with Gasteiger partial charge in [-0.25, -0.2) is 0 Å². The standard InChI is InChI=1S/C23H38BrN3O4S/c1-5-7-8-10-26-21(30)19-23-11-14(24)18(32-23)16(20(29)25-9-6-2)17(23)22(31)27(19)15(12-28)13(3)4/h13-19,28H,5-12H2,1-4H3,(H,25,29)(H,26,30)/t14?,15-,16-,17-,18-,19?,23?/m0/s1. The lowest BCUT2D eigenvalue weighted by atomic mass is 9.70. The summed E-state index contributed by atoms with van der Waals surface area (Å²) in [5, 5.41) is 16.2. The third kappa shape index (κ3) is 4.33. The predicted octanol–water partition coefficient (Wildman–Crippen LogP) is 2.30. The van der Waals surface area contributed by atoms with E-state index in [1.54, 1.807) is 16.7 Å². The quantitative estimate of drug-likeness (QED) is 0.280. The van der Waals surface area contributed by atoms with Crippen LogP contribution in [0.3, 0.4) is 0 Å². The van der Waals surface area contributed by atoms with E-state index in [-0.39, 0.29) is 40.3 Å². The molecule has 3 aliphatic rings. The molecule has 0 aromatic heterocycles. The zero-order chi connectivity index (χ0) is 23.6. The van der Waals surface area contributed by atoms with Gasteiger partial charge in [0.2, 0.25) is 17.7 Å². The Balaban J connectivity index is 1.98. The van der Waals surface area contributed by atoms with E-state index in [2.05, 4.69) is 33.5 Å². The zero-order valence-corrected chi connectivity index (χ0v) is 22.0. The third-order valence-corrected chi connectivity index (χ3v) is 10.4. The fourth-order valence-electron chi connectivity index (χ4n) is 5.69. The van der Waals surface area contributed by atoms with Crippen LogP contribution in [0.1, 0.15) is 59.8 Å². The number of halogens is 1. The molecule has 1 spiro atoms. The molecule has 3 amide bonds. The lowest BCUT2D eigenvalue weighted by Crippen LogP contribution is -2.58. The van der Waals surface area contributed by atoms with E-state index >= 15 is 0 Å². The van der Waals surface area contributed by atoms with Crippen molar-refractivity contribution >= 4 is 45.4 Å². The van der Waals surface area contributed by atoms with Crippen LogP contribution in [0.4, 0.5) is 0 Å². The number of nitrogens with one attached hydrogen (secondary N) is 2. The number of aliphatic hydroxyl groups is 1. The maximum atomic E-state index is 13.9. The van der Waals surface area contributed by atoms with E-state index < -0.39 is 28.7 Å². The SMILES string of the molecule is CCCCCNC(=O)C1N([C@@H](CO)C(C)C)C(=O)[C@@H]2[C@H](C(=O)NCCC)[C@H]3SC12CC3Br. The number of amides is 3. The van der Waals surface area contributed by atoms with Crippen LogP contribution in [-0.4, -0.2) is 74.3 Å². The van der Waals surface area contributed by atoms with Crippen LogP contribution < -0.4 is 10.6 Å². The van der Waals surface area contributed by atoms with Crippen molar-refractivity contribution in [2.24, 2.45) is 17.8 Å². The van der Waals surface area contributed by atoms with Crippen LogP contribution in [0.15, 0.2) is 0 Å². The van der Waals surface area contributed by atoms with Crippen molar-refractivity contribution in [3.05, 3.63) is 0 Å². The van der Waals surface area contributed by atoms with Gasteiger partial charge in [-0.2, -0.15) is 0 Å². The number of hydrogen-bond donors (Lipinski definition) is 3. The van der Waals surface area contributed by atoms with Crippen molar-refractivity contribution < 1.29 is 19.5 Å². The molecule has 0 aliphatic carbocycles. The highest BCUT2D eigenvalue weighted by Crippen LogP contribution is 2.68. The van der Waals surface area contributed by atoms with Gasteiger partial charge in [-0.3, -0.25) is 14.4 Å². The zero-order valence-electron chi connectivity index (χ0n) is 19.6. The normalized spacial score (nSPS) is 34.2. The van der Waals surface area contributed by atoms with E-state index in [9.17, 15) is 19.5 Å². The summed E-state index contributed by atoms with van der Waals surface area (Å²) < 4.78 is -0.652. The van der Waals surface area contributed by atoms with Crippen LogP contribution >= 0.6 is 27.7 Å². The summed E-state index contributed by atoms with van der Waals surface area (Å²) in [6.07, 6.45) is 4.48. The Bertz CT molecular complexity index is 723. The van der Waals surface area contributed by atoms with Gasteiger partial charge in [-0.05, 0) is 25.2 Å². The van der Waals surface area contributed by atoms with Gasteiger partial charge in [0.15, 0.2) is 0 Å². The molecule has 0 aromatic rings. The Hall–Kier alpha value is -0.800. The van der Waals surface area contributed by atoms with Gasteiger partial charge in [0.25, 0.3) is 0 Å². The fraction of sp³-hybridized carbons (Fsp3) is 0.870. The topological polar surface area (TPSA) is 98.7 Å². The summed E-state index contributed by atoms with van der Waals surface area (Å²) >= 11 is 5.41. The van der Waals surface area contributed by atoms with Gasteiger partial charge in [0.05, 0.1) is 29.2 Å². The largest absolute Gasteiger partial charge is 0.394 e. The van der Waals surface area contributed by atoms with Crippen molar-refractivity contribution in [2.75, 3.05) is 19.7 Å². The monoisotopic (exact) mass is 531 g/mol. The van der Waals surface area contributed by atoms with E-state index in [0.717, 1.165) is 25.7 Å². The van der Waals surface area contributed by atoms with Gasteiger partial charge in [0.1, 0.15) is 6.04 Å². The maximum Gasteiger partial charge on any atom is 0.244 e. The summed E-state index contributed by atoms with van der Waals surface area (Å²) in [4.78, 5) is 42.3. The fourth-order valence-corrected chi connectivity index (χ4v) is 9.29. The van der Waals surface area contributed by atoms with E-state index in [4.69, 9.17) is 0 Å². The number of unbranched alkanes of at least 4 members (excludes halogenated alkanes) is 2. The minimum Gasteiger partial charge on any atom is -0.394 e. The highest BCUT2D eigenvalue weighted by molar-refractivity contribution is 9.09. The van der Waals surface area contributed by atoms with Crippen LogP contribution in [-0.2, 0) is 14.4 Å². The highest BCUT2D eigenvalue weighted by Gasteiger charge is 2.76. The minimum absolute atomic E-state index is 0.0103. The molecule has 32 heavy (non-hydrogen) atoms. The predicted molar refractivity (Wildman–Crippen MR) is 131 cm³/mol. The first-order chi connectivity index (χ1) is 15.2. The number of carbonyl (C=O) groups excluding carboxylic acids is 3. The lowest BCUT2D eigenvalue weighted by Gasteiger charge is -2.38. The van der Waals surface area contributed by atoms with Crippen LogP contribution in [0.5, 0.6) is 0 Å². The van der Waals surface area contributed by atoms with Gasteiger partial charge in [-0.15, -0.1) is 11.8 Å². The molecular formula is C23H38BrN3O4S. The van der Waals surface area contributed by atoms with Gasteiger partial charge in [-0.1, -0.05) is 56.5 Å². The molecule has 7 atom stereocenters. The Morgan fingerprint density at radius 3 is 2.47 bits per heavy atom. The molecule has 3 aliphatic heterocycles. The molecule has 3 N–H and O–H groups in total. The molecule has 3 rings (SSSR count). The first-order valence-electron chi connectivity index (χ1n) is 12.0. The Kier molecular flexibility index (Phi) is 8.58. The molecule has 9 heteroatoms. The average Bonchev–Trinajstić information content (AvgIpc) is 3.33. The third-order valence-electron chi connectivity index (χ3n) is 7.22. The number of aliphatic hydroxyl groups excluding tert-OH is 1. The molecule has 7 nitrogen and oxygen atoms in total. The Morgan fingerprint density at radius 1 is 1.19 bits per heavy atom. The van der Waals surface area contributed by atoms with E-state index in [1.165, 1.54) is 0 Å². The van der Waals surface area contributed by atoms with Crippen molar-refractivity contribution in [1.29, 1.82) is 0 Å². The summed E-state index contributed by atoms with van der Waals surface area (Å²) in [6.45, 7) is 8.97. The first kappa shape index (κ1) is 25.8.